The smallest absolute Gasteiger partial charge is 0.280 e. The molecule has 0 aromatic carbocycles. The zero-order valence-corrected chi connectivity index (χ0v) is 16.1. The SMILES string of the molecule is CC(Nc1ccc(N2CCC(N(C)C)CC2)cn1)c1ccc(C(F)F)nc1. The summed E-state index contributed by atoms with van der Waals surface area (Å²) in [6, 6.07) is 7.67. The number of hydrogen-bond donors (Lipinski definition) is 1. The Hall–Kier alpha value is -2.28. The first-order valence-corrected chi connectivity index (χ1v) is 9.32. The number of halogens is 2. The van der Waals surface area contributed by atoms with Crippen molar-refractivity contribution in [1.82, 2.24) is 14.9 Å². The topological polar surface area (TPSA) is 44.3 Å². The minimum Gasteiger partial charge on any atom is -0.370 e. The minimum absolute atomic E-state index is 0.0709. The molecule has 2 aromatic heterocycles. The molecule has 1 unspecified atom stereocenters. The lowest BCUT2D eigenvalue weighted by Gasteiger charge is -2.36. The Kier molecular flexibility index (Phi) is 6.21. The van der Waals surface area contributed by atoms with Gasteiger partial charge < -0.3 is 15.1 Å². The van der Waals surface area contributed by atoms with Crippen LogP contribution in [0.1, 0.15) is 43.5 Å². The molecule has 0 spiro atoms. The summed E-state index contributed by atoms with van der Waals surface area (Å²) in [4.78, 5) is 13.0. The van der Waals surface area contributed by atoms with Crippen LogP contribution in [0.25, 0.3) is 0 Å². The summed E-state index contributed by atoms with van der Waals surface area (Å²) >= 11 is 0. The Morgan fingerprint density at radius 1 is 1.07 bits per heavy atom. The van der Waals surface area contributed by atoms with Crippen LogP contribution in [0.2, 0.25) is 0 Å². The van der Waals surface area contributed by atoms with Gasteiger partial charge in [0.2, 0.25) is 0 Å². The van der Waals surface area contributed by atoms with Crippen molar-refractivity contribution in [3.63, 3.8) is 0 Å². The fourth-order valence-corrected chi connectivity index (χ4v) is 3.41. The van der Waals surface area contributed by atoms with Crippen LogP contribution in [0, 0.1) is 0 Å². The highest BCUT2D eigenvalue weighted by Crippen LogP contribution is 2.24. The predicted octanol–water partition coefficient (Wildman–Crippen LogP) is 4.12. The molecule has 1 fully saturated rings. The molecule has 3 heterocycles. The van der Waals surface area contributed by atoms with Crippen LogP contribution in [0.15, 0.2) is 36.7 Å². The monoisotopic (exact) mass is 375 g/mol. The van der Waals surface area contributed by atoms with Gasteiger partial charge in [0.15, 0.2) is 0 Å². The summed E-state index contributed by atoms with van der Waals surface area (Å²) in [6.07, 6.45) is 3.16. The predicted molar refractivity (Wildman–Crippen MR) is 104 cm³/mol. The van der Waals surface area contributed by atoms with Gasteiger partial charge in [-0.15, -0.1) is 0 Å². The van der Waals surface area contributed by atoms with Crippen LogP contribution >= 0.6 is 0 Å². The summed E-state index contributed by atoms with van der Waals surface area (Å²) in [7, 11) is 4.28. The van der Waals surface area contributed by atoms with E-state index in [1.54, 1.807) is 6.07 Å². The standard InChI is InChI=1S/C20H27F2N5/c1-14(15-4-6-18(20(21)22)23-12-15)25-19-7-5-17(13-24-19)27-10-8-16(9-11-27)26(2)3/h4-7,12-14,16,20H,8-11H2,1-3H3,(H,24,25). The summed E-state index contributed by atoms with van der Waals surface area (Å²) in [5.74, 6) is 0.757. The molecule has 146 valence electrons. The second kappa shape index (κ2) is 8.61. The third kappa shape index (κ3) is 4.91. The lowest BCUT2D eigenvalue weighted by atomic mass is 10.0. The number of piperidine rings is 1. The van der Waals surface area contributed by atoms with Crippen LogP contribution < -0.4 is 10.2 Å². The van der Waals surface area contributed by atoms with Crippen LogP contribution in [0.4, 0.5) is 20.3 Å². The highest BCUT2D eigenvalue weighted by Gasteiger charge is 2.21. The van der Waals surface area contributed by atoms with Gasteiger partial charge >= 0.3 is 0 Å². The normalized spacial score (nSPS) is 16.8. The Labute approximate surface area is 159 Å². The molecule has 0 saturated carbocycles. The molecule has 1 saturated heterocycles. The molecule has 1 aliphatic heterocycles. The molecule has 1 atom stereocenters. The van der Waals surface area contributed by atoms with Crippen LogP contribution in [0.5, 0.6) is 0 Å². The average molecular weight is 375 g/mol. The van der Waals surface area contributed by atoms with Crippen molar-refractivity contribution in [1.29, 1.82) is 0 Å². The van der Waals surface area contributed by atoms with Crippen LogP contribution in [-0.2, 0) is 0 Å². The number of nitrogens with zero attached hydrogens (tertiary/aromatic N) is 4. The molecule has 7 heteroatoms. The number of alkyl halides is 2. The van der Waals surface area contributed by atoms with Crippen molar-refractivity contribution >= 4 is 11.5 Å². The van der Waals surface area contributed by atoms with E-state index in [2.05, 4.69) is 45.2 Å². The Morgan fingerprint density at radius 2 is 1.81 bits per heavy atom. The van der Waals surface area contributed by atoms with Crippen LogP contribution in [0.3, 0.4) is 0 Å². The van der Waals surface area contributed by atoms with E-state index in [0.717, 1.165) is 43.0 Å². The van der Waals surface area contributed by atoms with Gasteiger partial charge in [0.1, 0.15) is 11.5 Å². The maximum absolute atomic E-state index is 12.6. The minimum atomic E-state index is -2.54. The summed E-state index contributed by atoms with van der Waals surface area (Å²) in [5.41, 5.74) is 1.77. The Morgan fingerprint density at radius 3 is 2.33 bits per heavy atom. The summed E-state index contributed by atoms with van der Waals surface area (Å²) < 4.78 is 25.2. The van der Waals surface area contributed by atoms with Gasteiger partial charge in [-0.25, -0.2) is 13.8 Å². The van der Waals surface area contributed by atoms with Crippen molar-refractivity contribution in [2.24, 2.45) is 0 Å². The first-order chi connectivity index (χ1) is 12.9. The van der Waals surface area contributed by atoms with Crippen molar-refractivity contribution in [3.8, 4) is 0 Å². The van der Waals surface area contributed by atoms with E-state index in [1.807, 2.05) is 19.2 Å². The van der Waals surface area contributed by atoms with Gasteiger partial charge in [-0.3, -0.25) is 4.98 Å². The lowest BCUT2D eigenvalue weighted by molar-refractivity contribution is 0.146. The van der Waals surface area contributed by atoms with Gasteiger partial charge in [-0.1, -0.05) is 6.07 Å². The number of pyridine rings is 2. The molecular weight excluding hydrogens is 348 g/mol. The highest BCUT2D eigenvalue weighted by molar-refractivity contribution is 5.50. The molecule has 3 rings (SSSR count). The first kappa shape index (κ1) is 19.5. The molecule has 0 radical (unpaired) electrons. The number of hydrogen-bond acceptors (Lipinski definition) is 5. The van der Waals surface area contributed by atoms with Crippen molar-refractivity contribution in [3.05, 3.63) is 47.9 Å². The van der Waals surface area contributed by atoms with E-state index < -0.39 is 6.43 Å². The van der Waals surface area contributed by atoms with Crippen LogP contribution in [-0.4, -0.2) is 48.1 Å². The van der Waals surface area contributed by atoms with E-state index in [1.165, 1.54) is 12.3 Å². The molecule has 1 aliphatic rings. The maximum atomic E-state index is 12.6. The Balaban J connectivity index is 1.57. The zero-order valence-electron chi connectivity index (χ0n) is 16.1. The quantitative estimate of drug-likeness (QED) is 0.823. The van der Waals surface area contributed by atoms with Crippen molar-refractivity contribution in [2.75, 3.05) is 37.4 Å². The van der Waals surface area contributed by atoms with E-state index in [9.17, 15) is 8.78 Å². The molecule has 0 bridgehead atoms. The second-order valence-electron chi connectivity index (χ2n) is 7.27. The van der Waals surface area contributed by atoms with Crippen molar-refractivity contribution in [2.45, 2.75) is 38.3 Å². The summed E-state index contributed by atoms with van der Waals surface area (Å²) in [6.45, 7) is 4.03. The molecule has 2 aromatic rings. The van der Waals surface area contributed by atoms with Gasteiger partial charge in [-0.2, -0.15) is 0 Å². The zero-order chi connectivity index (χ0) is 19.4. The number of rotatable bonds is 6. The van der Waals surface area contributed by atoms with E-state index >= 15 is 0 Å². The highest BCUT2D eigenvalue weighted by atomic mass is 19.3. The van der Waals surface area contributed by atoms with Crippen molar-refractivity contribution < 1.29 is 8.78 Å². The fourth-order valence-electron chi connectivity index (χ4n) is 3.41. The van der Waals surface area contributed by atoms with Gasteiger partial charge in [0.05, 0.1) is 17.9 Å². The second-order valence-corrected chi connectivity index (χ2v) is 7.27. The Bertz CT molecular complexity index is 710. The van der Waals surface area contributed by atoms with E-state index in [4.69, 9.17) is 0 Å². The van der Waals surface area contributed by atoms with E-state index in [-0.39, 0.29) is 11.7 Å². The number of anilines is 2. The third-order valence-corrected chi connectivity index (χ3v) is 5.20. The molecule has 1 N–H and O–H groups in total. The molecular formula is C20H27F2N5. The largest absolute Gasteiger partial charge is 0.370 e. The molecule has 5 nitrogen and oxygen atoms in total. The first-order valence-electron chi connectivity index (χ1n) is 9.32. The average Bonchev–Trinajstić information content (AvgIpc) is 2.68. The molecule has 0 aliphatic carbocycles. The summed E-state index contributed by atoms with van der Waals surface area (Å²) in [5, 5.41) is 3.30. The molecule has 0 amide bonds. The third-order valence-electron chi connectivity index (χ3n) is 5.20. The van der Waals surface area contributed by atoms with Gasteiger partial charge in [-0.05, 0) is 57.6 Å². The number of nitrogens with one attached hydrogen (secondary N) is 1. The van der Waals surface area contributed by atoms with E-state index in [0.29, 0.717) is 6.04 Å². The fraction of sp³-hybridized carbons (Fsp3) is 0.500. The van der Waals surface area contributed by atoms with Gasteiger partial charge in [0.25, 0.3) is 6.43 Å². The van der Waals surface area contributed by atoms with Gasteiger partial charge in [0, 0.05) is 25.3 Å². The maximum Gasteiger partial charge on any atom is 0.280 e. The molecule has 27 heavy (non-hydrogen) atoms. The lowest BCUT2D eigenvalue weighted by Crippen LogP contribution is -2.42. The number of aromatic nitrogens is 2.